The van der Waals surface area contributed by atoms with Gasteiger partial charge in [-0.2, -0.15) is 0 Å². The van der Waals surface area contributed by atoms with Crippen molar-refractivity contribution < 1.29 is 9.53 Å². The summed E-state index contributed by atoms with van der Waals surface area (Å²) in [4.78, 5) is 15.0. The lowest BCUT2D eigenvalue weighted by atomic mass is 10.0. The Morgan fingerprint density at radius 3 is 2.48 bits per heavy atom. The number of carbonyl (C=O) groups is 1. The van der Waals surface area contributed by atoms with Gasteiger partial charge in [-0.15, -0.1) is 0 Å². The quantitative estimate of drug-likeness (QED) is 0.840. The summed E-state index contributed by atoms with van der Waals surface area (Å²) < 4.78 is 5.76. The van der Waals surface area contributed by atoms with Gasteiger partial charge >= 0.3 is 0 Å². The summed E-state index contributed by atoms with van der Waals surface area (Å²) in [7, 11) is 0. The van der Waals surface area contributed by atoms with Crippen LogP contribution in [0.3, 0.4) is 0 Å². The molecular formula is C19H28N2O2. The number of hydrogen-bond donors (Lipinski definition) is 1. The highest BCUT2D eigenvalue weighted by atomic mass is 16.5. The van der Waals surface area contributed by atoms with Gasteiger partial charge in [-0.1, -0.05) is 6.92 Å². The third-order valence-electron chi connectivity index (χ3n) is 4.76. The Kier molecular flexibility index (Phi) is 5.55. The number of piperidine rings is 1. The van der Waals surface area contributed by atoms with E-state index in [4.69, 9.17) is 4.74 Å². The molecule has 0 unspecified atom stereocenters. The molecule has 4 nitrogen and oxygen atoms in total. The van der Waals surface area contributed by atoms with Crippen LogP contribution in [0.15, 0.2) is 24.3 Å². The first kappa shape index (κ1) is 16.3. The molecule has 0 radical (unpaired) electrons. The molecule has 3 rings (SSSR count). The lowest BCUT2D eigenvalue weighted by Gasteiger charge is -2.34. The Balaban J connectivity index is 1.63. The van der Waals surface area contributed by atoms with E-state index in [1.807, 2.05) is 24.3 Å². The Labute approximate surface area is 139 Å². The predicted molar refractivity (Wildman–Crippen MR) is 91.9 cm³/mol. The first-order valence-electron chi connectivity index (χ1n) is 9.02. The average Bonchev–Trinajstić information content (AvgIpc) is 3.43. The van der Waals surface area contributed by atoms with E-state index in [0.29, 0.717) is 6.04 Å². The maximum atomic E-state index is 12.9. The highest BCUT2D eigenvalue weighted by molar-refractivity contribution is 5.94. The molecule has 0 aromatic heterocycles. The zero-order valence-electron chi connectivity index (χ0n) is 14.1. The lowest BCUT2D eigenvalue weighted by molar-refractivity contribution is 0.0642. The zero-order valence-corrected chi connectivity index (χ0v) is 14.1. The van der Waals surface area contributed by atoms with Crippen molar-refractivity contribution in [2.45, 2.75) is 45.1 Å². The largest absolute Gasteiger partial charge is 0.493 e. The molecule has 4 heteroatoms. The van der Waals surface area contributed by atoms with Crippen LogP contribution in [0.1, 0.15) is 49.4 Å². The molecule has 1 aliphatic carbocycles. The summed E-state index contributed by atoms with van der Waals surface area (Å²) in [5.74, 6) is 1.78. The van der Waals surface area contributed by atoms with Gasteiger partial charge in [-0.05, 0) is 75.4 Å². The Morgan fingerprint density at radius 2 is 1.87 bits per heavy atom. The van der Waals surface area contributed by atoms with Gasteiger partial charge in [0, 0.05) is 18.2 Å². The van der Waals surface area contributed by atoms with Gasteiger partial charge in [0.05, 0.1) is 6.61 Å². The molecule has 1 aliphatic heterocycles. The molecule has 1 heterocycles. The van der Waals surface area contributed by atoms with E-state index >= 15 is 0 Å². The minimum Gasteiger partial charge on any atom is -0.493 e. The van der Waals surface area contributed by atoms with Crippen LogP contribution in [0, 0.1) is 5.92 Å². The fourth-order valence-electron chi connectivity index (χ4n) is 3.17. The van der Waals surface area contributed by atoms with E-state index in [-0.39, 0.29) is 5.91 Å². The number of amides is 1. The molecular weight excluding hydrogens is 288 g/mol. The summed E-state index contributed by atoms with van der Waals surface area (Å²) in [5.41, 5.74) is 0.774. The summed E-state index contributed by atoms with van der Waals surface area (Å²) >= 11 is 0. The molecule has 1 N–H and O–H groups in total. The summed E-state index contributed by atoms with van der Waals surface area (Å²) in [6.45, 7) is 5.79. The van der Waals surface area contributed by atoms with Crippen LogP contribution in [-0.4, -0.2) is 43.1 Å². The predicted octanol–water partition coefficient (Wildman–Crippen LogP) is 3.08. The van der Waals surface area contributed by atoms with Gasteiger partial charge in [0.15, 0.2) is 0 Å². The lowest BCUT2D eigenvalue weighted by Crippen LogP contribution is -2.46. The fraction of sp³-hybridized carbons (Fsp3) is 0.632. The van der Waals surface area contributed by atoms with E-state index in [9.17, 15) is 4.79 Å². The number of carbonyl (C=O) groups excluding carboxylic acids is 1. The molecule has 1 aromatic carbocycles. The summed E-state index contributed by atoms with van der Waals surface area (Å²) in [5, 5.41) is 3.37. The smallest absolute Gasteiger partial charge is 0.254 e. The van der Waals surface area contributed by atoms with Gasteiger partial charge in [0.1, 0.15) is 5.75 Å². The summed E-state index contributed by atoms with van der Waals surface area (Å²) in [6, 6.07) is 8.06. The van der Waals surface area contributed by atoms with Crippen molar-refractivity contribution in [3.8, 4) is 5.75 Å². The van der Waals surface area contributed by atoms with Crippen LogP contribution < -0.4 is 10.1 Å². The number of nitrogens with one attached hydrogen (secondary N) is 1. The third kappa shape index (κ3) is 4.47. The molecule has 1 amide bonds. The zero-order chi connectivity index (χ0) is 16.1. The maximum Gasteiger partial charge on any atom is 0.254 e. The number of ether oxygens (including phenoxy) is 1. The van der Waals surface area contributed by atoms with E-state index < -0.39 is 0 Å². The van der Waals surface area contributed by atoms with Crippen molar-refractivity contribution >= 4 is 5.91 Å². The Hall–Kier alpha value is -1.55. The Morgan fingerprint density at radius 1 is 1.17 bits per heavy atom. The second-order valence-electron chi connectivity index (χ2n) is 6.76. The standard InChI is InChI=1S/C19H28N2O2/c1-2-13-21(17-9-11-20-12-10-17)19(22)16-5-7-18(8-6-16)23-14-15-3-4-15/h5-8,15,17,20H,2-4,9-14H2,1H3. The van der Waals surface area contributed by atoms with Crippen molar-refractivity contribution in [2.24, 2.45) is 5.92 Å². The van der Waals surface area contributed by atoms with Gasteiger partial charge in [0.2, 0.25) is 0 Å². The van der Waals surface area contributed by atoms with Crippen molar-refractivity contribution in [2.75, 3.05) is 26.2 Å². The van der Waals surface area contributed by atoms with Crippen LogP contribution in [0.5, 0.6) is 5.75 Å². The number of nitrogens with zero attached hydrogens (tertiary/aromatic N) is 1. The molecule has 2 aliphatic rings. The van der Waals surface area contributed by atoms with Crippen LogP contribution >= 0.6 is 0 Å². The SMILES string of the molecule is CCCN(C(=O)c1ccc(OCC2CC2)cc1)C1CCNCC1. The highest BCUT2D eigenvalue weighted by Gasteiger charge is 2.25. The minimum absolute atomic E-state index is 0.160. The van der Waals surface area contributed by atoms with Gasteiger partial charge in [-0.25, -0.2) is 0 Å². The first-order chi connectivity index (χ1) is 11.3. The van der Waals surface area contributed by atoms with Crippen molar-refractivity contribution in [3.05, 3.63) is 29.8 Å². The maximum absolute atomic E-state index is 12.9. The van der Waals surface area contributed by atoms with E-state index in [0.717, 1.165) is 62.7 Å². The van der Waals surface area contributed by atoms with Crippen molar-refractivity contribution in [1.29, 1.82) is 0 Å². The van der Waals surface area contributed by atoms with E-state index in [1.54, 1.807) is 0 Å². The monoisotopic (exact) mass is 316 g/mol. The molecule has 2 fully saturated rings. The number of rotatable bonds is 7. The minimum atomic E-state index is 0.160. The van der Waals surface area contributed by atoms with Crippen molar-refractivity contribution in [3.63, 3.8) is 0 Å². The molecule has 23 heavy (non-hydrogen) atoms. The topological polar surface area (TPSA) is 41.6 Å². The molecule has 1 aromatic rings. The van der Waals surface area contributed by atoms with E-state index in [1.165, 1.54) is 12.8 Å². The summed E-state index contributed by atoms with van der Waals surface area (Å²) in [6.07, 6.45) is 5.68. The molecule has 0 spiro atoms. The van der Waals surface area contributed by atoms with Gasteiger partial charge < -0.3 is 15.0 Å². The normalized spacial score (nSPS) is 18.7. The van der Waals surface area contributed by atoms with Gasteiger partial charge in [-0.3, -0.25) is 4.79 Å². The Bertz CT molecular complexity index is 505. The number of hydrogen-bond acceptors (Lipinski definition) is 3. The number of benzene rings is 1. The van der Waals surface area contributed by atoms with Gasteiger partial charge in [0.25, 0.3) is 5.91 Å². The van der Waals surface area contributed by atoms with E-state index in [2.05, 4.69) is 17.1 Å². The molecule has 0 bridgehead atoms. The van der Waals surface area contributed by atoms with Crippen LogP contribution in [0.4, 0.5) is 0 Å². The highest BCUT2D eigenvalue weighted by Crippen LogP contribution is 2.29. The molecule has 126 valence electrons. The second kappa shape index (κ2) is 7.82. The molecule has 1 saturated carbocycles. The van der Waals surface area contributed by atoms with Crippen LogP contribution in [-0.2, 0) is 0 Å². The second-order valence-corrected chi connectivity index (χ2v) is 6.76. The third-order valence-corrected chi connectivity index (χ3v) is 4.76. The van der Waals surface area contributed by atoms with Crippen molar-refractivity contribution in [1.82, 2.24) is 10.2 Å². The van der Waals surface area contributed by atoms with Crippen LogP contribution in [0.2, 0.25) is 0 Å². The van der Waals surface area contributed by atoms with Crippen LogP contribution in [0.25, 0.3) is 0 Å². The average molecular weight is 316 g/mol. The molecule has 1 saturated heterocycles. The first-order valence-corrected chi connectivity index (χ1v) is 9.02. The molecule has 0 atom stereocenters. The fourth-order valence-corrected chi connectivity index (χ4v) is 3.17.